The first-order chi connectivity index (χ1) is 14.8. The van der Waals surface area contributed by atoms with Crippen molar-refractivity contribution in [3.8, 4) is 0 Å². The Balaban J connectivity index is 2.08. The molecule has 168 valence electrons. The molecule has 0 aromatic carbocycles. The fourth-order valence-corrected chi connectivity index (χ4v) is 3.61. The van der Waals surface area contributed by atoms with E-state index in [4.69, 9.17) is 0 Å². The SMILES string of the molecule is CC(C)[C@H](NC(=O)c1cnccn1)C(=O)N[C@H]1CSCCNC(=O)/C=C/[C@H](C)NC1=O. The Kier molecular flexibility index (Phi) is 9.44. The normalized spacial score (nSPS) is 22.2. The van der Waals surface area contributed by atoms with Gasteiger partial charge in [0.15, 0.2) is 0 Å². The van der Waals surface area contributed by atoms with Gasteiger partial charge in [0.25, 0.3) is 5.91 Å². The van der Waals surface area contributed by atoms with Crippen LogP contribution in [0.2, 0.25) is 0 Å². The summed E-state index contributed by atoms with van der Waals surface area (Å²) in [5.74, 6) is -0.865. The van der Waals surface area contributed by atoms with Gasteiger partial charge in [-0.25, -0.2) is 4.98 Å². The Hall–Kier alpha value is -2.95. The lowest BCUT2D eigenvalue weighted by Gasteiger charge is -2.26. The van der Waals surface area contributed by atoms with E-state index >= 15 is 0 Å². The molecular weight excluding hydrogens is 420 g/mol. The summed E-state index contributed by atoms with van der Waals surface area (Å²) in [7, 11) is 0. The van der Waals surface area contributed by atoms with E-state index in [0.717, 1.165) is 0 Å². The van der Waals surface area contributed by atoms with E-state index in [2.05, 4.69) is 31.2 Å². The van der Waals surface area contributed by atoms with Gasteiger partial charge in [-0.15, -0.1) is 0 Å². The maximum absolute atomic E-state index is 12.9. The molecule has 11 heteroatoms. The van der Waals surface area contributed by atoms with Gasteiger partial charge in [-0.1, -0.05) is 19.9 Å². The van der Waals surface area contributed by atoms with Gasteiger partial charge in [0.2, 0.25) is 17.7 Å². The zero-order chi connectivity index (χ0) is 22.8. The van der Waals surface area contributed by atoms with Crippen molar-refractivity contribution >= 4 is 35.4 Å². The summed E-state index contributed by atoms with van der Waals surface area (Å²) in [5.41, 5.74) is 0.0999. The van der Waals surface area contributed by atoms with E-state index < -0.39 is 23.9 Å². The van der Waals surface area contributed by atoms with Crippen molar-refractivity contribution in [3.63, 3.8) is 0 Å². The van der Waals surface area contributed by atoms with E-state index in [9.17, 15) is 19.2 Å². The molecule has 0 fully saturated rings. The fourth-order valence-electron chi connectivity index (χ4n) is 2.72. The van der Waals surface area contributed by atoms with Crippen molar-refractivity contribution in [3.05, 3.63) is 36.4 Å². The summed E-state index contributed by atoms with van der Waals surface area (Å²) in [6, 6.07) is -2.04. The standard InChI is InChI=1S/C20H28N6O4S/c1-12(2)17(26-18(28)14-10-21-6-7-22-14)20(30)25-15-11-31-9-8-23-16(27)5-4-13(3)24-19(15)29/h4-7,10,12-13,15,17H,8-9,11H2,1-3H3,(H,23,27)(H,24,29)(H,25,30)(H,26,28)/b5-4+/t13-,15-,17-/m0/s1. The molecule has 10 nitrogen and oxygen atoms in total. The van der Waals surface area contributed by atoms with Crippen LogP contribution in [0.3, 0.4) is 0 Å². The zero-order valence-electron chi connectivity index (χ0n) is 17.8. The van der Waals surface area contributed by atoms with Gasteiger partial charge < -0.3 is 21.3 Å². The average molecular weight is 449 g/mol. The molecule has 1 aliphatic heterocycles. The number of thioether (sulfide) groups is 1. The fraction of sp³-hybridized carbons (Fsp3) is 0.500. The Morgan fingerprint density at radius 1 is 1.26 bits per heavy atom. The first-order valence-corrected chi connectivity index (χ1v) is 11.1. The van der Waals surface area contributed by atoms with Gasteiger partial charge in [0.1, 0.15) is 17.8 Å². The first-order valence-electron chi connectivity index (χ1n) is 9.99. The van der Waals surface area contributed by atoms with Crippen molar-refractivity contribution in [2.45, 2.75) is 38.9 Å². The predicted octanol–water partition coefficient (Wildman–Crippen LogP) is -0.360. The smallest absolute Gasteiger partial charge is 0.272 e. The van der Waals surface area contributed by atoms with Gasteiger partial charge in [-0.3, -0.25) is 24.2 Å². The van der Waals surface area contributed by atoms with Gasteiger partial charge in [0, 0.05) is 42.6 Å². The second kappa shape index (κ2) is 12.0. The van der Waals surface area contributed by atoms with Crippen LogP contribution in [0, 0.1) is 5.92 Å². The highest BCUT2D eigenvalue weighted by Crippen LogP contribution is 2.08. The zero-order valence-corrected chi connectivity index (χ0v) is 18.6. The number of hydrogen-bond donors (Lipinski definition) is 4. The largest absolute Gasteiger partial charge is 0.352 e. The molecule has 0 radical (unpaired) electrons. The molecule has 1 aromatic heterocycles. The molecule has 1 aliphatic rings. The van der Waals surface area contributed by atoms with Crippen LogP contribution in [-0.4, -0.2) is 69.8 Å². The molecule has 2 heterocycles. The summed E-state index contributed by atoms with van der Waals surface area (Å²) < 4.78 is 0. The molecule has 0 spiro atoms. The monoisotopic (exact) mass is 448 g/mol. The molecule has 0 saturated carbocycles. The van der Waals surface area contributed by atoms with Crippen molar-refractivity contribution in [2.75, 3.05) is 18.1 Å². The minimum absolute atomic E-state index is 0.0999. The van der Waals surface area contributed by atoms with Crippen molar-refractivity contribution in [2.24, 2.45) is 5.92 Å². The highest BCUT2D eigenvalue weighted by atomic mass is 32.2. The van der Waals surface area contributed by atoms with Crippen LogP contribution < -0.4 is 21.3 Å². The van der Waals surface area contributed by atoms with Gasteiger partial charge in [0.05, 0.1) is 6.20 Å². The van der Waals surface area contributed by atoms with E-state index in [-0.39, 0.29) is 29.5 Å². The van der Waals surface area contributed by atoms with Crippen molar-refractivity contribution in [1.82, 2.24) is 31.2 Å². The highest BCUT2D eigenvalue weighted by Gasteiger charge is 2.29. The summed E-state index contributed by atoms with van der Waals surface area (Å²) in [6.45, 7) is 5.78. The second-order valence-corrected chi connectivity index (χ2v) is 8.52. The Morgan fingerprint density at radius 3 is 2.71 bits per heavy atom. The van der Waals surface area contributed by atoms with Crippen LogP contribution in [0.4, 0.5) is 0 Å². The molecule has 0 bridgehead atoms. The van der Waals surface area contributed by atoms with Crippen LogP contribution in [0.25, 0.3) is 0 Å². The third kappa shape index (κ3) is 8.00. The third-order valence-electron chi connectivity index (χ3n) is 4.40. The van der Waals surface area contributed by atoms with Crippen LogP contribution in [0.5, 0.6) is 0 Å². The van der Waals surface area contributed by atoms with E-state index in [0.29, 0.717) is 18.1 Å². The predicted molar refractivity (Wildman–Crippen MR) is 117 cm³/mol. The van der Waals surface area contributed by atoms with Crippen molar-refractivity contribution < 1.29 is 19.2 Å². The molecule has 0 aliphatic carbocycles. The molecule has 4 amide bonds. The summed E-state index contributed by atoms with van der Waals surface area (Å²) in [5, 5.41) is 10.9. The molecule has 0 unspecified atom stereocenters. The molecule has 0 saturated heterocycles. The summed E-state index contributed by atoms with van der Waals surface area (Å²) in [4.78, 5) is 57.5. The molecule has 2 rings (SSSR count). The number of carbonyl (C=O) groups excluding carboxylic acids is 4. The van der Waals surface area contributed by atoms with E-state index in [1.54, 1.807) is 26.8 Å². The van der Waals surface area contributed by atoms with Crippen LogP contribution >= 0.6 is 11.8 Å². The third-order valence-corrected chi connectivity index (χ3v) is 5.46. The van der Waals surface area contributed by atoms with Gasteiger partial charge >= 0.3 is 0 Å². The Morgan fingerprint density at radius 2 is 2.03 bits per heavy atom. The number of nitrogens with one attached hydrogen (secondary N) is 4. The summed E-state index contributed by atoms with van der Waals surface area (Å²) in [6.07, 6.45) is 7.12. The molecule has 31 heavy (non-hydrogen) atoms. The van der Waals surface area contributed by atoms with E-state index in [1.807, 2.05) is 0 Å². The number of nitrogens with zero attached hydrogens (tertiary/aromatic N) is 2. The molecule has 1 aromatic rings. The van der Waals surface area contributed by atoms with E-state index in [1.165, 1.54) is 36.4 Å². The lowest BCUT2D eigenvalue weighted by atomic mass is 10.0. The number of amides is 4. The minimum atomic E-state index is -0.856. The van der Waals surface area contributed by atoms with Crippen molar-refractivity contribution in [1.29, 1.82) is 0 Å². The topological polar surface area (TPSA) is 142 Å². The molecule has 4 N–H and O–H groups in total. The lowest BCUT2D eigenvalue weighted by Crippen LogP contribution is -2.57. The van der Waals surface area contributed by atoms with Crippen LogP contribution in [0.15, 0.2) is 30.7 Å². The number of carbonyl (C=O) groups is 4. The maximum atomic E-state index is 12.9. The lowest BCUT2D eigenvalue weighted by molar-refractivity contribution is -0.130. The van der Waals surface area contributed by atoms with Gasteiger partial charge in [-0.05, 0) is 12.8 Å². The average Bonchev–Trinajstić information content (AvgIpc) is 2.74. The number of rotatable bonds is 5. The summed E-state index contributed by atoms with van der Waals surface area (Å²) >= 11 is 1.44. The molecular formula is C20H28N6O4S. The highest BCUT2D eigenvalue weighted by molar-refractivity contribution is 7.99. The minimum Gasteiger partial charge on any atom is -0.352 e. The maximum Gasteiger partial charge on any atom is 0.272 e. The Bertz CT molecular complexity index is 817. The number of hydrogen-bond acceptors (Lipinski definition) is 7. The Labute approximate surface area is 185 Å². The van der Waals surface area contributed by atoms with Crippen LogP contribution in [0.1, 0.15) is 31.3 Å². The number of aromatic nitrogens is 2. The first kappa shape index (κ1) is 24.3. The molecule has 3 atom stereocenters. The van der Waals surface area contributed by atoms with Gasteiger partial charge in [-0.2, -0.15) is 11.8 Å². The van der Waals surface area contributed by atoms with Crippen LogP contribution in [-0.2, 0) is 14.4 Å². The second-order valence-electron chi connectivity index (χ2n) is 7.37. The quantitative estimate of drug-likeness (QED) is 0.482.